The van der Waals surface area contributed by atoms with E-state index in [1.54, 1.807) is 0 Å². The van der Waals surface area contributed by atoms with Gasteiger partial charge in [0.2, 0.25) is 0 Å². The first-order valence-electron chi connectivity index (χ1n) is 15.5. The molecule has 0 atom stereocenters. The molecule has 0 unspecified atom stereocenters. The minimum absolute atomic E-state index is 0. The van der Waals surface area contributed by atoms with Crippen LogP contribution >= 0.6 is 0 Å². The van der Waals surface area contributed by atoms with Gasteiger partial charge >= 0.3 is 5.97 Å². The van der Waals surface area contributed by atoms with Crippen molar-refractivity contribution in [1.82, 2.24) is 49.1 Å². The molecule has 8 aromatic rings. The molecule has 20 heteroatoms. The number of nitrogen functional groups attached to an aromatic ring is 1. The Balaban J connectivity index is 0.000000181. The molecule has 8 rings (SSSR count). The van der Waals surface area contributed by atoms with Gasteiger partial charge in [-0.15, -0.1) is 0 Å². The lowest BCUT2D eigenvalue weighted by Gasteiger charge is -2.08. The van der Waals surface area contributed by atoms with E-state index in [0.717, 1.165) is 30.9 Å². The lowest BCUT2D eigenvalue weighted by molar-refractivity contribution is 0.0697. The fraction of sp³-hybridized carbons (Fsp3) is 0.0556. The van der Waals surface area contributed by atoms with Crippen molar-refractivity contribution in [2.45, 2.75) is 13.8 Å². The Morgan fingerprint density at radius 2 is 1.14 bits per heavy atom. The van der Waals surface area contributed by atoms with E-state index in [1.807, 2.05) is 0 Å². The highest BCUT2D eigenvalue weighted by atomic mass is 19.1. The maximum atomic E-state index is 13.3. The number of anilines is 1. The highest BCUT2D eigenvalue weighted by Gasteiger charge is 2.17. The SMILES string of the molecule is C.Nc1ccc(F)cn1.O=C(Cc1ccc(F)cn1)c1cc(Oc2cncc(F)c2)cn2ncnc12.O=C(O)c1cc(Oc2cncc(F)c2)cn2ncnc12. The van der Waals surface area contributed by atoms with Crippen LogP contribution in [-0.2, 0) is 6.42 Å². The number of ketones is 1. The smallest absolute Gasteiger partial charge is 0.339 e. The van der Waals surface area contributed by atoms with Crippen LogP contribution < -0.4 is 15.2 Å². The van der Waals surface area contributed by atoms with Gasteiger partial charge in [0.05, 0.1) is 61.6 Å². The number of aromatic nitrogens is 10. The summed E-state index contributed by atoms with van der Waals surface area (Å²) >= 11 is 0. The van der Waals surface area contributed by atoms with Gasteiger partial charge in [0.25, 0.3) is 0 Å². The van der Waals surface area contributed by atoms with E-state index in [2.05, 4.69) is 40.1 Å². The van der Waals surface area contributed by atoms with Crippen LogP contribution in [0, 0.1) is 23.3 Å². The number of rotatable bonds is 8. The molecule has 8 heterocycles. The number of halogens is 4. The molecule has 16 nitrogen and oxygen atoms in total. The Bertz CT molecular complexity index is 2590. The Kier molecular flexibility index (Phi) is 12.5. The quantitative estimate of drug-likeness (QED) is 0.130. The van der Waals surface area contributed by atoms with Gasteiger partial charge in [0, 0.05) is 23.9 Å². The summed E-state index contributed by atoms with van der Waals surface area (Å²) in [5, 5.41) is 17.0. The molecule has 0 amide bonds. The molecule has 8 aromatic heterocycles. The zero-order valence-electron chi connectivity index (χ0n) is 27.7. The van der Waals surface area contributed by atoms with Crippen molar-refractivity contribution < 1.29 is 41.7 Å². The second-order valence-corrected chi connectivity index (χ2v) is 10.9. The number of hydrogen-bond donors (Lipinski definition) is 2. The molecular weight excluding hydrogens is 742 g/mol. The van der Waals surface area contributed by atoms with Gasteiger partial charge in [0.15, 0.2) is 17.1 Å². The number of pyridine rings is 6. The molecule has 0 saturated heterocycles. The predicted molar refractivity (Wildman–Crippen MR) is 189 cm³/mol. The number of hydrogen-bond acceptors (Lipinski definition) is 13. The average molecular weight is 770 g/mol. The first-order valence-corrected chi connectivity index (χ1v) is 15.5. The van der Waals surface area contributed by atoms with E-state index in [1.165, 1.54) is 88.9 Å². The number of Topliss-reactive ketones (excluding diaryl/α,β-unsaturated/α-hetero) is 1. The van der Waals surface area contributed by atoms with E-state index < -0.39 is 23.4 Å². The minimum Gasteiger partial charge on any atom is -0.478 e. The monoisotopic (exact) mass is 769 g/mol. The van der Waals surface area contributed by atoms with Crippen molar-refractivity contribution in [2.24, 2.45) is 0 Å². The van der Waals surface area contributed by atoms with Crippen molar-refractivity contribution in [1.29, 1.82) is 0 Å². The Morgan fingerprint density at radius 1 is 0.625 bits per heavy atom. The number of carboxylic acids is 1. The highest BCUT2D eigenvalue weighted by Crippen LogP contribution is 2.26. The lowest BCUT2D eigenvalue weighted by atomic mass is 10.1. The van der Waals surface area contributed by atoms with Crippen LogP contribution in [0.25, 0.3) is 11.3 Å². The number of carboxylic acid groups (broad SMARTS) is 1. The second-order valence-electron chi connectivity index (χ2n) is 10.9. The largest absolute Gasteiger partial charge is 0.478 e. The molecule has 0 fully saturated rings. The fourth-order valence-corrected chi connectivity index (χ4v) is 4.60. The van der Waals surface area contributed by atoms with Crippen molar-refractivity contribution >= 4 is 28.9 Å². The van der Waals surface area contributed by atoms with Gasteiger partial charge in [-0.25, -0.2) is 46.3 Å². The summed E-state index contributed by atoms with van der Waals surface area (Å²) in [6.07, 6.45) is 12.3. The third kappa shape index (κ3) is 10.2. The molecule has 56 heavy (non-hydrogen) atoms. The topological polar surface area (TPSA) is 211 Å². The number of aromatic carboxylic acids is 1. The average Bonchev–Trinajstić information content (AvgIpc) is 3.84. The summed E-state index contributed by atoms with van der Waals surface area (Å²) in [5.41, 5.74) is 6.29. The van der Waals surface area contributed by atoms with Crippen LogP contribution in [0.5, 0.6) is 23.0 Å². The van der Waals surface area contributed by atoms with Crippen LogP contribution in [0.2, 0.25) is 0 Å². The van der Waals surface area contributed by atoms with Gasteiger partial charge in [-0.3, -0.25) is 19.7 Å². The maximum absolute atomic E-state index is 13.3. The molecule has 0 saturated carbocycles. The molecule has 0 aromatic carbocycles. The van der Waals surface area contributed by atoms with Crippen LogP contribution in [-0.4, -0.2) is 66.0 Å². The number of ether oxygens (including phenoxy) is 2. The van der Waals surface area contributed by atoms with Crippen LogP contribution in [0.15, 0.2) is 111 Å². The van der Waals surface area contributed by atoms with Crippen molar-refractivity contribution in [3.8, 4) is 23.0 Å². The van der Waals surface area contributed by atoms with Crippen LogP contribution in [0.3, 0.4) is 0 Å². The first-order chi connectivity index (χ1) is 26.5. The van der Waals surface area contributed by atoms with Crippen LogP contribution in [0.4, 0.5) is 23.4 Å². The number of carbonyl (C=O) groups excluding carboxylic acids is 1. The summed E-state index contributed by atoms with van der Waals surface area (Å²) in [6, 6.07) is 10.4. The normalized spacial score (nSPS) is 10.4. The zero-order chi connectivity index (χ0) is 38.9. The molecular formula is C36H27F4N11O5. The summed E-state index contributed by atoms with van der Waals surface area (Å²) in [5.74, 6) is -2.29. The molecule has 0 aliphatic rings. The van der Waals surface area contributed by atoms with Gasteiger partial charge in [-0.2, -0.15) is 10.2 Å². The molecule has 0 radical (unpaired) electrons. The summed E-state index contributed by atoms with van der Waals surface area (Å²) < 4.78 is 64.9. The van der Waals surface area contributed by atoms with E-state index in [0.29, 0.717) is 17.2 Å². The van der Waals surface area contributed by atoms with Gasteiger partial charge in [0.1, 0.15) is 70.3 Å². The molecule has 284 valence electrons. The fourth-order valence-electron chi connectivity index (χ4n) is 4.60. The third-order valence-corrected chi connectivity index (χ3v) is 6.94. The molecule has 0 aliphatic heterocycles. The molecule has 3 N–H and O–H groups in total. The minimum atomic E-state index is -1.16. The first kappa shape index (κ1) is 39.3. The number of carbonyl (C=O) groups is 2. The summed E-state index contributed by atoms with van der Waals surface area (Å²) in [4.78, 5) is 46.5. The van der Waals surface area contributed by atoms with Gasteiger partial charge in [-0.05, 0) is 30.3 Å². The van der Waals surface area contributed by atoms with E-state index in [-0.39, 0.29) is 65.2 Å². The predicted octanol–water partition coefficient (Wildman–Crippen LogP) is 6.21. The Labute approximate surface area is 312 Å². The number of fused-ring (bicyclic) bond motifs is 2. The number of nitrogens with two attached hydrogens (primary N) is 1. The Morgan fingerprint density at radius 3 is 1.61 bits per heavy atom. The van der Waals surface area contributed by atoms with Crippen molar-refractivity contribution in [2.75, 3.05) is 5.73 Å². The standard InChI is InChI=1S/C18H11F2N5O2.C12H7FN4O3.C5H5FN2.CH4/c19-11-1-2-13(22-7-11)4-17(26)16-5-15(9-25-18(16)23-10-24-25)27-14-3-12(20)6-21-8-14;13-7-1-8(4-14-3-7)20-9-2-10(12(18)19)11-15-6-16-17(11)5-9;6-4-1-2-5(7)8-3-4;/h1-3,5-10H,4H2;1-6H,(H,18,19);1-3H,(H2,7,8);1H4. The van der Waals surface area contributed by atoms with Crippen LogP contribution in [0.1, 0.15) is 33.8 Å². The van der Waals surface area contributed by atoms with Crippen molar-refractivity contribution in [3.63, 3.8) is 0 Å². The van der Waals surface area contributed by atoms with Gasteiger partial charge in [-0.1, -0.05) is 7.43 Å². The highest BCUT2D eigenvalue weighted by molar-refractivity contribution is 6.02. The lowest BCUT2D eigenvalue weighted by Crippen LogP contribution is -2.08. The summed E-state index contributed by atoms with van der Waals surface area (Å²) in [6.45, 7) is 0. The maximum Gasteiger partial charge on any atom is 0.339 e. The third-order valence-electron chi connectivity index (χ3n) is 6.94. The molecule has 0 aliphatic carbocycles. The summed E-state index contributed by atoms with van der Waals surface area (Å²) in [7, 11) is 0. The van der Waals surface area contributed by atoms with E-state index >= 15 is 0 Å². The zero-order valence-corrected chi connectivity index (χ0v) is 27.7. The Hall–Kier alpha value is -7.90. The van der Waals surface area contributed by atoms with E-state index in [4.69, 9.17) is 20.3 Å². The van der Waals surface area contributed by atoms with E-state index in [9.17, 15) is 27.2 Å². The van der Waals surface area contributed by atoms with Crippen molar-refractivity contribution in [3.05, 3.63) is 151 Å². The molecule has 0 bridgehead atoms. The molecule has 0 spiro atoms. The number of nitrogens with zero attached hydrogens (tertiary/aromatic N) is 10. The van der Waals surface area contributed by atoms with Gasteiger partial charge < -0.3 is 20.3 Å². The second kappa shape index (κ2) is 17.7.